The summed E-state index contributed by atoms with van der Waals surface area (Å²) in [6.07, 6.45) is 23.3. The lowest BCUT2D eigenvalue weighted by atomic mass is 9.93. The van der Waals surface area contributed by atoms with Gasteiger partial charge >= 0.3 is 0 Å². The highest BCUT2D eigenvalue weighted by Gasteiger charge is 2.32. The molecule has 1 saturated carbocycles. The first kappa shape index (κ1) is 21.7. The minimum Gasteiger partial charge on any atom is -0.330 e. The minimum atomic E-state index is 0.149. The van der Waals surface area contributed by atoms with Gasteiger partial charge in [0.25, 0.3) is 0 Å². The molecule has 0 bridgehead atoms. The Morgan fingerprint density at radius 3 is 2.08 bits per heavy atom. The normalized spacial score (nSPS) is 20.9. The van der Waals surface area contributed by atoms with Crippen molar-refractivity contribution in [1.82, 2.24) is 10.3 Å². The molecular weight excluding hydrogens is 338 g/mol. The fraction of sp³-hybridized carbons (Fsp3) is 0.909. The Labute approximate surface area is 167 Å². The molecule has 0 aromatic carbocycles. The fourth-order valence-electron chi connectivity index (χ4n) is 4.45. The Balaban J connectivity index is 1.54. The largest absolute Gasteiger partial charge is 0.330 e. The van der Waals surface area contributed by atoms with E-state index in [2.05, 4.69) is 22.4 Å². The lowest BCUT2D eigenvalue weighted by molar-refractivity contribution is 0.223. The molecule has 0 aromatic heterocycles. The van der Waals surface area contributed by atoms with Crippen LogP contribution in [0.4, 0.5) is 0 Å². The summed E-state index contributed by atoms with van der Waals surface area (Å²) in [5.41, 5.74) is 3.25. The van der Waals surface area contributed by atoms with Gasteiger partial charge in [0.05, 0.1) is 0 Å². The maximum absolute atomic E-state index is 5.24. The molecule has 1 atom stereocenters. The third-order valence-electron chi connectivity index (χ3n) is 6.02. The Morgan fingerprint density at radius 2 is 1.50 bits per heavy atom. The van der Waals surface area contributed by atoms with Gasteiger partial charge in [-0.25, -0.2) is 0 Å². The first-order valence-corrected chi connectivity index (χ1v) is 11.9. The molecular formula is C22H41N3S. The van der Waals surface area contributed by atoms with Crippen LogP contribution < -0.4 is 5.43 Å². The quantitative estimate of drug-likeness (QED) is 0.273. The maximum Gasteiger partial charge on any atom is 0.146 e. The second-order valence-corrected chi connectivity index (χ2v) is 8.49. The average molecular weight is 380 g/mol. The number of unbranched alkanes of at least 4 members (excludes halogenated alkanes) is 10. The number of rotatable bonds is 14. The van der Waals surface area contributed by atoms with Gasteiger partial charge in [0.1, 0.15) is 12.0 Å². The second-order valence-electron chi connectivity index (χ2n) is 8.22. The SMILES string of the molecule is CCCCCCCCCCCCCC1=NNC(C=S)N1C1CCCCC1. The monoisotopic (exact) mass is 379 g/mol. The number of nitrogens with zero attached hydrogens (tertiary/aromatic N) is 2. The van der Waals surface area contributed by atoms with Gasteiger partial charge in [-0.05, 0) is 19.3 Å². The highest BCUT2D eigenvalue weighted by Crippen LogP contribution is 2.27. The van der Waals surface area contributed by atoms with Crippen LogP contribution in [0.5, 0.6) is 0 Å². The Hall–Kier alpha value is -0.640. The molecule has 1 N–H and O–H groups in total. The van der Waals surface area contributed by atoms with Crippen molar-refractivity contribution in [1.29, 1.82) is 0 Å². The molecule has 0 saturated heterocycles. The van der Waals surface area contributed by atoms with Crippen LogP contribution in [-0.2, 0) is 0 Å². The van der Waals surface area contributed by atoms with Crippen LogP contribution in [0.3, 0.4) is 0 Å². The van der Waals surface area contributed by atoms with Crippen LogP contribution in [0.15, 0.2) is 5.10 Å². The Bertz CT molecular complexity index is 404. The van der Waals surface area contributed by atoms with Gasteiger partial charge in [0.15, 0.2) is 0 Å². The third kappa shape index (κ3) is 7.54. The van der Waals surface area contributed by atoms with Gasteiger partial charge in [-0.3, -0.25) is 5.43 Å². The van der Waals surface area contributed by atoms with Gasteiger partial charge < -0.3 is 4.90 Å². The number of thiocarbonyl (C=S) groups is 1. The average Bonchev–Trinajstić information content (AvgIpc) is 3.09. The highest BCUT2D eigenvalue weighted by molar-refractivity contribution is 7.79. The molecule has 4 heteroatoms. The molecule has 0 aromatic rings. The van der Waals surface area contributed by atoms with E-state index in [9.17, 15) is 0 Å². The van der Waals surface area contributed by atoms with Gasteiger partial charge in [-0.1, -0.05) is 103 Å². The van der Waals surface area contributed by atoms with Crippen LogP contribution in [-0.4, -0.2) is 28.3 Å². The van der Waals surface area contributed by atoms with Crippen LogP contribution in [0.1, 0.15) is 116 Å². The summed E-state index contributed by atoms with van der Waals surface area (Å²) in [7, 11) is 0. The van der Waals surface area contributed by atoms with Crippen molar-refractivity contribution >= 4 is 23.4 Å². The molecule has 2 rings (SSSR count). The van der Waals surface area contributed by atoms with Crippen molar-refractivity contribution in [3.8, 4) is 0 Å². The summed E-state index contributed by atoms with van der Waals surface area (Å²) in [6.45, 7) is 2.29. The van der Waals surface area contributed by atoms with Crippen molar-refractivity contribution in [3.63, 3.8) is 0 Å². The predicted molar refractivity (Wildman–Crippen MR) is 118 cm³/mol. The molecule has 1 fully saturated rings. The Morgan fingerprint density at radius 1 is 0.923 bits per heavy atom. The standard InChI is InChI=1S/C22H41N3S/c1-2-3-4-5-6-7-8-9-10-11-15-18-21-23-24-22(19-26)25(21)20-16-13-12-14-17-20/h19-20,22,24H,2-18H2,1H3. The van der Waals surface area contributed by atoms with E-state index >= 15 is 0 Å². The van der Waals surface area contributed by atoms with E-state index in [1.807, 2.05) is 5.37 Å². The van der Waals surface area contributed by atoms with E-state index in [-0.39, 0.29) is 6.17 Å². The molecule has 1 aliphatic heterocycles. The molecule has 0 amide bonds. The van der Waals surface area contributed by atoms with E-state index in [1.54, 1.807) is 0 Å². The van der Waals surface area contributed by atoms with Crippen molar-refractivity contribution in [2.24, 2.45) is 5.10 Å². The summed E-state index contributed by atoms with van der Waals surface area (Å²) in [4.78, 5) is 2.50. The van der Waals surface area contributed by atoms with Crippen LogP contribution in [0, 0.1) is 0 Å². The van der Waals surface area contributed by atoms with E-state index in [1.165, 1.54) is 109 Å². The molecule has 150 valence electrons. The highest BCUT2D eigenvalue weighted by atomic mass is 32.1. The van der Waals surface area contributed by atoms with E-state index < -0.39 is 0 Å². The number of hydrazone groups is 1. The number of hydrogen-bond acceptors (Lipinski definition) is 4. The number of nitrogens with one attached hydrogen (secondary N) is 1. The molecule has 0 radical (unpaired) electrons. The summed E-state index contributed by atoms with van der Waals surface area (Å²) in [5, 5.41) is 6.47. The first-order valence-electron chi connectivity index (χ1n) is 11.4. The first-order chi connectivity index (χ1) is 12.9. The molecule has 0 spiro atoms. The zero-order valence-corrected chi connectivity index (χ0v) is 17.9. The molecule has 1 aliphatic carbocycles. The van der Waals surface area contributed by atoms with Crippen molar-refractivity contribution in [2.75, 3.05) is 0 Å². The van der Waals surface area contributed by atoms with Crippen LogP contribution >= 0.6 is 12.2 Å². The molecule has 26 heavy (non-hydrogen) atoms. The van der Waals surface area contributed by atoms with Gasteiger partial charge in [0.2, 0.25) is 0 Å². The summed E-state index contributed by atoms with van der Waals surface area (Å²) in [5.74, 6) is 1.26. The zero-order valence-electron chi connectivity index (χ0n) is 17.1. The lowest BCUT2D eigenvalue weighted by Crippen LogP contribution is -2.48. The fourth-order valence-corrected chi connectivity index (χ4v) is 4.64. The minimum absolute atomic E-state index is 0.149. The summed E-state index contributed by atoms with van der Waals surface area (Å²) < 4.78 is 0. The smallest absolute Gasteiger partial charge is 0.146 e. The molecule has 1 unspecified atom stereocenters. The summed E-state index contributed by atoms with van der Waals surface area (Å²) in [6, 6.07) is 0.648. The maximum atomic E-state index is 5.24. The van der Waals surface area contributed by atoms with E-state index in [0.29, 0.717) is 6.04 Å². The molecule has 1 heterocycles. The number of hydrogen-bond donors (Lipinski definition) is 1. The van der Waals surface area contributed by atoms with Crippen LogP contribution in [0.2, 0.25) is 0 Å². The zero-order chi connectivity index (χ0) is 18.5. The van der Waals surface area contributed by atoms with Gasteiger partial charge in [-0.15, -0.1) is 0 Å². The molecule has 2 aliphatic rings. The third-order valence-corrected chi connectivity index (χ3v) is 6.28. The molecule has 3 nitrogen and oxygen atoms in total. The van der Waals surface area contributed by atoms with Crippen molar-refractivity contribution in [2.45, 2.75) is 128 Å². The van der Waals surface area contributed by atoms with Crippen LogP contribution in [0.25, 0.3) is 0 Å². The lowest BCUT2D eigenvalue weighted by Gasteiger charge is -2.36. The van der Waals surface area contributed by atoms with E-state index in [4.69, 9.17) is 12.2 Å². The van der Waals surface area contributed by atoms with Gasteiger partial charge in [-0.2, -0.15) is 5.10 Å². The topological polar surface area (TPSA) is 27.6 Å². The van der Waals surface area contributed by atoms with Crippen molar-refractivity contribution < 1.29 is 0 Å². The predicted octanol–water partition coefficient (Wildman–Crippen LogP) is 6.56. The van der Waals surface area contributed by atoms with Crippen molar-refractivity contribution in [3.05, 3.63) is 0 Å². The number of amidine groups is 1. The van der Waals surface area contributed by atoms with E-state index in [0.717, 1.165) is 6.42 Å². The Kier molecular flexibility index (Phi) is 11.3. The summed E-state index contributed by atoms with van der Waals surface area (Å²) >= 11 is 5.24. The second kappa shape index (κ2) is 13.5. The van der Waals surface area contributed by atoms with Gasteiger partial charge in [0, 0.05) is 17.8 Å².